The summed E-state index contributed by atoms with van der Waals surface area (Å²) in [5.41, 5.74) is 0. The zero-order valence-electron chi connectivity index (χ0n) is 9.10. The maximum atomic E-state index is 5.41. The molecule has 2 nitrogen and oxygen atoms in total. The Balaban J connectivity index is 3.09. The lowest BCUT2D eigenvalue weighted by atomic mass is 10.4. The molecule has 0 spiro atoms. The van der Waals surface area contributed by atoms with E-state index < -0.39 is 0 Å². The van der Waals surface area contributed by atoms with Crippen LogP contribution in [0.1, 0.15) is 26.7 Å². The van der Waals surface area contributed by atoms with Crippen molar-refractivity contribution in [3.63, 3.8) is 0 Å². The lowest BCUT2D eigenvalue weighted by molar-refractivity contribution is 0.116. The third-order valence-corrected chi connectivity index (χ3v) is 1.77. The summed E-state index contributed by atoms with van der Waals surface area (Å²) in [6.07, 6.45) is 2.06. The SMILES string of the molecule is CC#CCCOCCN(C)CCC. The van der Waals surface area contributed by atoms with E-state index in [1.54, 1.807) is 0 Å². The van der Waals surface area contributed by atoms with Gasteiger partial charge in [0.2, 0.25) is 0 Å². The molecule has 0 saturated carbocycles. The number of hydrogen-bond acceptors (Lipinski definition) is 2. The summed E-state index contributed by atoms with van der Waals surface area (Å²) in [6.45, 7) is 7.80. The summed E-state index contributed by atoms with van der Waals surface area (Å²) in [7, 11) is 2.12. The first-order chi connectivity index (χ1) is 6.31. The first kappa shape index (κ1) is 12.5. The van der Waals surface area contributed by atoms with Crippen molar-refractivity contribution in [2.24, 2.45) is 0 Å². The van der Waals surface area contributed by atoms with Crippen LogP contribution in [-0.2, 0) is 4.74 Å². The molecular formula is C11H21NO. The highest BCUT2D eigenvalue weighted by Crippen LogP contribution is 1.87. The number of hydrogen-bond donors (Lipinski definition) is 0. The molecular weight excluding hydrogens is 162 g/mol. The van der Waals surface area contributed by atoms with Gasteiger partial charge in [0.15, 0.2) is 0 Å². The second kappa shape index (κ2) is 9.57. The summed E-state index contributed by atoms with van der Waals surface area (Å²) in [5.74, 6) is 5.82. The smallest absolute Gasteiger partial charge is 0.0593 e. The van der Waals surface area contributed by atoms with Gasteiger partial charge in [-0.25, -0.2) is 0 Å². The molecule has 0 bridgehead atoms. The molecule has 76 valence electrons. The minimum Gasteiger partial charge on any atom is -0.379 e. The standard InChI is InChI=1S/C11H21NO/c1-4-6-7-10-13-11-9-12(3)8-5-2/h5,7-11H2,1-3H3. The zero-order chi connectivity index (χ0) is 9.94. The molecule has 0 aromatic carbocycles. The van der Waals surface area contributed by atoms with Crippen molar-refractivity contribution < 1.29 is 4.74 Å². The first-order valence-corrected chi connectivity index (χ1v) is 4.97. The van der Waals surface area contributed by atoms with Crippen molar-refractivity contribution in [3.8, 4) is 11.8 Å². The van der Waals surface area contributed by atoms with Gasteiger partial charge in [0, 0.05) is 13.0 Å². The fourth-order valence-electron chi connectivity index (χ4n) is 1.06. The van der Waals surface area contributed by atoms with Crippen LogP contribution in [0.25, 0.3) is 0 Å². The van der Waals surface area contributed by atoms with E-state index in [1.807, 2.05) is 6.92 Å². The van der Waals surface area contributed by atoms with Crippen molar-refractivity contribution >= 4 is 0 Å². The van der Waals surface area contributed by atoms with E-state index in [-0.39, 0.29) is 0 Å². The summed E-state index contributed by atoms with van der Waals surface area (Å²) in [4.78, 5) is 2.28. The molecule has 2 heteroatoms. The molecule has 0 atom stereocenters. The number of nitrogens with zero attached hydrogens (tertiary/aromatic N) is 1. The van der Waals surface area contributed by atoms with Crippen molar-refractivity contribution in [2.45, 2.75) is 26.7 Å². The molecule has 0 aliphatic heterocycles. The predicted octanol–water partition coefficient (Wildman–Crippen LogP) is 1.76. The number of rotatable bonds is 7. The lowest BCUT2D eigenvalue weighted by Crippen LogP contribution is -2.24. The van der Waals surface area contributed by atoms with E-state index in [0.29, 0.717) is 0 Å². The van der Waals surface area contributed by atoms with Gasteiger partial charge in [-0.05, 0) is 26.9 Å². The largest absolute Gasteiger partial charge is 0.379 e. The molecule has 0 N–H and O–H groups in total. The Labute approximate surface area is 82.3 Å². The van der Waals surface area contributed by atoms with Crippen LogP contribution in [0.2, 0.25) is 0 Å². The van der Waals surface area contributed by atoms with E-state index in [4.69, 9.17) is 4.74 Å². The third kappa shape index (κ3) is 9.39. The highest BCUT2D eigenvalue weighted by atomic mass is 16.5. The summed E-state index contributed by atoms with van der Waals surface area (Å²) in [5, 5.41) is 0. The molecule has 13 heavy (non-hydrogen) atoms. The Hall–Kier alpha value is -0.520. The van der Waals surface area contributed by atoms with Crippen molar-refractivity contribution in [3.05, 3.63) is 0 Å². The van der Waals surface area contributed by atoms with Crippen LogP contribution in [-0.4, -0.2) is 38.3 Å². The van der Waals surface area contributed by atoms with E-state index in [9.17, 15) is 0 Å². The second-order valence-corrected chi connectivity index (χ2v) is 3.09. The maximum Gasteiger partial charge on any atom is 0.0593 e. The van der Waals surface area contributed by atoms with Crippen LogP contribution in [0.15, 0.2) is 0 Å². The average Bonchev–Trinajstić information content (AvgIpc) is 2.11. The maximum absolute atomic E-state index is 5.41. The fraction of sp³-hybridized carbons (Fsp3) is 0.818. The highest BCUT2D eigenvalue weighted by molar-refractivity contribution is 4.94. The number of likely N-dealkylation sites (N-methyl/N-ethyl adjacent to an activating group) is 1. The van der Waals surface area contributed by atoms with Crippen molar-refractivity contribution in [1.82, 2.24) is 4.90 Å². The zero-order valence-corrected chi connectivity index (χ0v) is 9.10. The van der Waals surface area contributed by atoms with Crippen molar-refractivity contribution in [1.29, 1.82) is 0 Å². The van der Waals surface area contributed by atoms with Gasteiger partial charge in [-0.15, -0.1) is 11.8 Å². The molecule has 0 radical (unpaired) electrons. The van der Waals surface area contributed by atoms with E-state index in [2.05, 4.69) is 30.7 Å². The molecule has 0 rings (SSSR count). The Morgan fingerprint density at radius 3 is 2.62 bits per heavy atom. The van der Waals surface area contributed by atoms with Gasteiger partial charge in [0.25, 0.3) is 0 Å². The minimum absolute atomic E-state index is 0.765. The predicted molar refractivity (Wildman–Crippen MR) is 56.7 cm³/mol. The minimum atomic E-state index is 0.765. The first-order valence-electron chi connectivity index (χ1n) is 4.97. The lowest BCUT2D eigenvalue weighted by Gasteiger charge is -2.14. The van der Waals surface area contributed by atoms with Crippen LogP contribution < -0.4 is 0 Å². The molecule has 0 amide bonds. The topological polar surface area (TPSA) is 12.5 Å². The van der Waals surface area contributed by atoms with Crippen LogP contribution in [0.5, 0.6) is 0 Å². The Morgan fingerprint density at radius 2 is 2.00 bits per heavy atom. The highest BCUT2D eigenvalue weighted by Gasteiger charge is 1.94. The second-order valence-electron chi connectivity index (χ2n) is 3.09. The third-order valence-electron chi connectivity index (χ3n) is 1.77. The van der Waals surface area contributed by atoms with Gasteiger partial charge in [-0.1, -0.05) is 6.92 Å². The Morgan fingerprint density at radius 1 is 1.23 bits per heavy atom. The van der Waals surface area contributed by atoms with Gasteiger partial charge in [0.1, 0.15) is 0 Å². The molecule has 0 aromatic rings. The molecule has 0 saturated heterocycles. The van der Waals surface area contributed by atoms with Gasteiger partial charge in [-0.2, -0.15) is 0 Å². The van der Waals surface area contributed by atoms with Crippen LogP contribution in [0.4, 0.5) is 0 Å². The van der Waals surface area contributed by atoms with Crippen LogP contribution in [0.3, 0.4) is 0 Å². The van der Waals surface area contributed by atoms with Crippen LogP contribution in [0, 0.1) is 11.8 Å². The van der Waals surface area contributed by atoms with E-state index in [0.717, 1.165) is 32.7 Å². The quantitative estimate of drug-likeness (QED) is 0.440. The van der Waals surface area contributed by atoms with Crippen LogP contribution >= 0.6 is 0 Å². The number of ether oxygens (including phenoxy) is 1. The molecule has 0 aliphatic rings. The fourth-order valence-corrected chi connectivity index (χ4v) is 1.06. The van der Waals surface area contributed by atoms with Gasteiger partial charge >= 0.3 is 0 Å². The summed E-state index contributed by atoms with van der Waals surface area (Å²) < 4.78 is 5.41. The van der Waals surface area contributed by atoms with Gasteiger partial charge < -0.3 is 9.64 Å². The summed E-state index contributed by atoms with van der Waals surface area (Å²) in [6, 6.07) is 0. The molecule has 0 unspecified atom stereocenters. The molecule has 0 heterocycles. The monoisotopic (exact) mass is 183 g/mol. The van der Waals surface area contributed by atoms with E-state index in [1.165, 1.54) is 6.42 Å². The van der Waals surface area contributed by atoms with Gasteiger partial charge in [0.05, 0.1) is 13.2 Å². The van der Waals surface area contributed by atoms with E-state index >= 15 is 0 Å². The van der Waals surface area contributed by atoms with Gasteiger partial charge in [-0.3, -0.25) is 0 Å². The Kier molecular flexibility index (Phi) is 9.18. The average molecular weight is 183 g/mol. The molecule has 0 fully saturated rings. The molecule has 0 aliphatic carbocycles. The normalized spacial score (nSPS) is 9.85. The Bertz CT molecular complexity index is 157. The van der Waals surface area contributed by atoms with Crippen molar-refractivity contribution in [2.75, 3.05) is 33.4 Å². The molecule has 0 aromatic heterocycles. The summed E-state index contributed by atoms with van der Waals surface area (Å²) >= 11 is 0.